The van der Waals surface area contributed by atoms with Gasteiger partial charge in [-0.1, -0.05) is 0 Å². The van der Waals surface area contributed by atoms with E-state index in [4.69, 9.17) is 4.74 Å². The summed E-state index contributed by atoms with van der Waals surface area (Å²) in [5.74, 6) is -0.710. The topological polar surface area (TPSA) is 43.4 Å². The second kappa shape index (κ2) is 4.72. The van der Waals surface area contributed by atoms with Crippen LogP contribution in [0.15, 0.2) is 9.81 Å². The molecular weight excluding hydrogens is 208 g/mol. The molecule has 0 radical (unpaired) electrons. The predicted molar refractivity (Wildman–Crippen MR) is 54.4 cm³/mol. The number of carbonyl (C=O) groups is 2. The third kappa shape index (κ3) is 2.51. The van der Waals surface area contributed by atoms with Crippen molar-refractivity contribution in [3.05, 3.63) is 9.81 Å². The van der Waals surface area contributed by atoms with Gasteiger partial charge in [0.05, 0.1) is 10.8 Å². The van der Waals surface area contributed by atoms with Crippen LogP contribution in [-0.4, -0.2) is 23.4 Å². The first-order valence-corrected chi connectivity index (χ1v) is 5.81. The summed E-state index contributed by atoms with van der Waals surface area (Å²) >= 11 is 3.03. The van der Waals surface area contributed by atoms with E-state index >= 15 is 0 Å². The Morgan fingerprint density at radius 2 is 2.08 bits per heavy atom. The van der Waals surface area contributed by atoms with Crippen LogP contribution >= 0.6 is 23.5 Å². The van der Waals surface area contributed by atoms with Crippen LogP contribution < -0.4 is 0 Å². The third-order valence-electron chi connectivity index (χ3n) is 1.42. The van der Waals surface area contributed by atoms with E-state index in [1.807, 2.05) is 0 Å². The molecule has 0 aromatic carbocycles. The molecule has 5 heteroatoms. The van der Waals surface area contributed by atoms with Gasteiger partial charge in [0.15, 0.2) is 5.78 Å². The Morgan fingerprint density at radius 3 is 2.38 bits per heavy atom. The van der Waals surface area contributed by atoms with Gasteiger partial charge in [-0.3, -0.25) is 4.79 Å². The monoisotopic (exact) mass is 218 g/mol. The van der Waals surface area contributed by atoms with Crippen LogP contribution in [-0.2, 0) is 14.3 Å². The molecule has 13 heavy (non-hydrogen) atoms. The van der Waals surface area contributed by atoms with Crippen molar-refractivity contribution in [3.63, 3.8) is 0 Å². The molecule has 3 nitrogen and oxygen atoms in total. The summed E-state index contributed by atoms with van der Waals surface area (Å²) in [5.41, 5.74) is 0.211. The summed E-state index contributed by atoms with van der Waals surface area (Å²) in [7, 11) is 0. The van der Waals surface area contributed by atoms with Crippen molar-refractivity contribution in [3.8, 4) is 0 Å². The van der Waals surface area contributed by atoms with E-state index in [0.29, 0.717) is 6.61 Å². The van der Waals surface area contributed by atoms with Crippen LogP contribution in [0.25, 0.3) is 0 Å². The van der Waals surface area contributed by atoms with Crippen molar-refractivity contribution in [2.75, 3.05) is 11.7 Å². The molecule has 1 aliphatic rings. The van der Waals surface area contributed by atoms with Gasteiger partial charge in [-0.15, -0.1) is 23.5 Å². The van der Waals surface area contributed by atoms with Crippen molar-refractivity contribution in [2.45, 2.75) is 13.8 Å². The zero-order valence-electron chi connectivity index (χ0n) is 7.46. The average Bonchev–Trinajstić information content (AvgIpc) is 1.95. The molecule has 0 aromatic heterocycles. The molecule has 0 N–H and O–H groups in total. The second-order valence-corrected chi connectivity index (χ2v) is 4.94. The number of carbonyl (C=O) groups excluding carboxylic acids is 2. The highest BCUT2D eigenvalue weighted by Gasteiger charge is 2.25. The van der Waals surface area contributed by atoms with E-state index in [0.717, 1.165) is 9.32 Å². The van der Waals surface area contributed by atoms with Crippen LogP contribution in [0.5, 0.6) is 0 Å². The Kier molecular flexibility index (Phi) is 3.87. The normalized spacial score (nSPS) is 14.8. The minimum Gasteiger partial charge on any atom is -0.462 e. The zero-order valence-corrected chi connectivity index (χ0v) is 9.09. The molecule has 0 atom stereocenters. The molecule has 0 aromatic rings. The van der Waals surface area contributed by atoms with E-state index in [-0.39, 0.29) is 11.4 Å². The highest BCUT2D eigenvalue weighted by atomic mass is 32.3. The van der Waals surface area contributed by atoms with Gasteiger partial charge in [0, 0.05) is 5.08 Å². The van der Waals surface area contributed by atoms with Gasteiger partial charge in [0.1, 0.15) is 5.57 Å². The van der Waals surface area contributed by atoms with Crippen molar-refractivity contribution in [2.24, 2.45) is 0 Å². The van der Waals surface area contributed by atoms with Crippen LogP contribution in [0.1, 0.15) is 13.8 Å². The van der Waals surface area contributed by atoms with Gasteiger partial charge >= 0.3 is 5.97 Å². The first kappa shape index (κ1) is 10.7. The van der Waals surface area contributed by atoms with Crippen molar-refractivity contribution >= 4 is 35.3 Å². The summed E-state index contributed by atoms with van der Waals surface area (Å²) in [5, 5.41) is 0.908. The lowest BCUT2D eigenvalue weighted by atomic mass is 10.2. The van der Waals surface area contributed by atoms with Crippen molar-refractivity contribution in [1.29, 1.82) is 0 Å². The molecule has 0 bridgehead atoms. The highest BCUT2D eigenvalue weighted by molar-refractivity contribution is 8.37. The molecule has 1 rings (SSSR count). The van der Waals surface area contributed by atoms with Gasteiger partial charge in [0.25, 0.3) is 0 Å². The van der Waals surface area contributed by atoms with E-state index in [1.54, 1.807) is 6.92 Å². The number of thioether (sulfide) groups is 2. The Hall–Kier alpha value is -0.420. The number of hydrogen-bond donors (Lipinski definition) is 0. The van der Waals surface area contributed by atoms with Crippen LogP contribution in [0.4, 0.5) is 0 Å². The lowest BCUT2D eigenvalue weighted by molar-refractivity contribution is -0.139. The quantitative estimate of drug-likeness (QED) is 0.313. The lowest BCUT2D eigenvalue weighted by Gasteiger charge is -2.17. The Bertz CT molecular complexity index is 265. The molecule has 1 aliphatic heterocycles. The summed E-state index contributed by atoms with van der Waals surface area (Å²) in [6.45, 7) is 3.41. The van der Waals surface area contributed by atoms with Crippen molar-refractivity contribution in [1.82, 2.24) is 0 Å². The number of rotatable bonds is 3. The Morgan fingerprint density at radius 1 is 1.46 bits per heavy atom. The van der Waals surface area contributed by atoms with E-state index in [2.05, 4.69) is 0 Å². The number of hydrogen-bond acceptors (Lipinski definition) is 5. The van der Waals surface area contributed by atoms with Gasteiger partial charge in [-0.2, -0.15) is 0 Å². The number of ether oxygens (including phenoxy) is 1. The summed E-state index contributed by atoms with van der Waals surface area (Å²) in [6.07, 6.45) is 0. The lowest BCUT2D eigenvalue weighted by Crippen LogP contribution is -2.16. The van der Waals surface area contributed by atoms with Gasteiger partial charge < -0.3 is 4.74 Å². The molecule has 1 saturated heterocycles. The van der Waals surface area contributed by atoms with Crippen molar-refractivity contribution < 1.29 is 14.3 Å². The third-order valence-corrected chi connectivity index (χ3v) is 4.00. The highest BCUT2D eigenvalue weighted by Crippen LogP contribution is 2.45. The van der Waals surface area contributed by atoms with Gasteiger partial charge in [0.2, 0.25) is 0 Å². The molecule has 1 heterocycles. The first-order valence-electron chi connectivity index (χ1n) is 3.84. The maximum absolute atomic E-state index is 11.3. The summed E-state index contributed by atoms with van der Waals surface area (Å²) < 4.78 is 5.58. The fourth-order valence-electron chi connectivity index (χ4n) is 0.836. The molecule has 0 saturated carbocycles. The maximum atomic E-state index is 11.3. The zero-order chi connectivity index (χ0) is 9.84. The Balaban J connectivity index is 2.79. The maximum Gasteiger partial charge on any atom is 0.343 e. The average molecular weight is 218 g/mol. The summed E-state index contributed by atoms with van der Waals surface area (Å²) in [4.78, 5) is 22.4. The molecule has 0 aliphatic carbocycles. The van der Waals surface area contributed by atoms with E-state index in [9.17, 15) is 9.59 Å². The van der Waals surface area contributed by atoms with E-state index in [1.165, 1.54) is 30.4 Å². The number of Topliss-reactive ketones (excluding diaryl/α,β-unsaturated/α-hetero) is 1. The minimum atomic E-state index is -0.496. The van der Waals surface area contributed by atoms with E-state index < -0.39 is 5.97 Å². The second-order valence-electron chi connectivity index (χ2n) is 2.35. The Labute approximate surface area is 85.3 Å². The molecular formula is C8H10O3S2. The van der Waals surface area contributed by atoms with Crippen LogP contribution in [0, 0.1) is 0 Å². The fourth-order valence-corrected chi connectivity index (χ4v) is 2.52. The molecule has 0 unspecified atom stereocenters. The molecule has 0 amide bonds. The summed E-state index contributed by atoms with van der Waals surface area (Å²) in [6, 6.07) is 0. The smallest absolute Gasteiger partial charge is 0.343 e. The van der Waals surface area contributed by atoms with Crippen LogP contribution in [0.3, 0.4) is 0 Å². The fraction of sp³-hybridized carbons (Fsp3) is 0.500. The number of ketones is 1. The molecule has 72 valence electrons. The van der Waals surface area contributed by atoms with Gasteiger partial charge in [-0.25, -0.2) is 4.79 Å². The van der Waals surface area contributed by atoms with Crippen LogP contribution in [0.2, 0.25) is 0 Å². The minimum absolute atomic E-state index is 0.211. The SMILES string of the molecule is CCOC(=O)C(C(C)=O)=C1SCS1. The largest absolute Gasteiger partial charge is 0.462 e. The molecule has 1 fully saturated rings. The number of esters is 1. The first-order chi connectivity index (χ1) is 6.16. The van der Waals surface area contributed by atoms with Gasteiger partial charge in [-0.05, 0) is 13.8 Å². The molecule has 0 spiro atoms. The predicted octanol–water partition coefficient (Wildman–Crippen LogP) is 1.79. The standard InChI is InChI=1S/C8H10O3S2/c1-3-11-7(10)6(5(2)9)8-12-4-13-8/h3-4H2,1-2H3.